The lowest BCUT2D eigenvalue weighted by atomic mass is 10.2. The maximum Gasteiger partial charge on any atom is 0.137 e. The number of rotatable bonds is 4. The van der Waals surface area contributed by atoms with Gasteiger partial charge in [-0.15, -0.1) is 10.2 Å². The lowest BCUT2D eigenvalue weighted by Gasteiger charge is -2.08. The molecule has 7 heteroatoms. The molecular weight excluding hydrogens is 254 g/mol. The molecule has 0 aliphatic heterocycles. The Kier molecular flexibility index (Phi) is 3.16. The molecule has 3 aromatic rings. The summed E-state index contributed by atoms with van der Waals surface area (Å²) in [4.78, 5) is 8.49. The fourth-order valence-electron chi connectivity index (χ4n) is 2.04. The highest BCUT2D eigenvalue weighted by atomic mass is 15.2. The molecule has 0 unspecified atom stereocenters. The van der Waals surface area contributed by atoms with Crippen molar-refractivity contribution >= 4 is 22.4 Å². The van der Waals surface area contributed by atoms with Crippen molar-refractivity contribution in [2.45, 2.75) is 6.42 Å². The average molecular weight is 269 g/mol. The van der Waals surface area contributed by atoms with Gasteiger partial charge in [-0.3, -0.25) is 0 Å². The zero-order valence-corrected chi connectivity index (χ0v) is 11.1. The van der Waals surface area contributed by atoms with Gasteiger partial charge >= 0.3 is 0 Å². The standard InChI is InChI=1S/C13H15N7/c1-20-8-18-19-12(20)4-5-15-13-10-3-2-9(14)6-11(10)16-7-17-13/h2-3,6-8H,4-5,14H2,1H3,(H,15,16,17). The normalized spacial score (nSPS) is 10.8. The molecule has 0 amide bonds. The van der Waals surface area contributed by atoms with Crippen LogP contribution in [0.5, 0.6) is 0 Å². The Morgan fingerprint density at radius 2 is 2.20 bits per heavy atom. The van der Waals surface area contributed by atoms with Crippen LogP contribution in [0.2, 0.25) is 0 Å². The molecule has 0 saturated carbocycles. The summed E-state index contributed by atoms with van der Waals surface area (Å²) in [6, 6.07) is 5.61. The van der Waals surface area contributed by atoms with Crippen LogP contribution in [0.3, 0.4) is 0 Å². The molecule has 0 saturated heterocycles. The van der Waals surface area contributed by atoms with Gasteiger partial charge in [-0.2, -0.15) is 0 Å². The Morgan fingerprint density at radius 1 is 1.30 bits per heavy atom. The fraction of sp³-hybridized carbons (Fsp3) is 0.231. The topological polar surface area (TPSA) is 94.5 Å². The van der Waals surface area contributed by atoms with Crippen LogP contribution >= 0.6 is 0 Å². The summed E-state index contributed by atoms with van der Waals surface area (Å²) < 4.78 is 1.90. The van der Waals surface area contributed by atoms with E-state index in [1.165, 1.54) is 6.33 Å². The SMILES string of the molecule is Cn1cnnc1CCNc1ncnc2cc(N)ccc12. The monoisotopic (exact) mass is 269 g/mol. The van der Waals surface area contributed by atoms with Crippen molar-refractivity contribution in [1.82, 2.24) is 24.7 Å². The largest absolute Gasteiger partial charge is 0.399 e. The van der Waals surface area contributed by atoms with Crippen molar-refractivity contribution in [1.29, 1.82) is 0 Å². The summed E-state index contributed by atoms with van der Waals surface area (Å²) in [6.45, 7) is 0.725. The third-order valence-corrected chi connectivity index (χ3v) is 3.11. The maximum absolute atomic E-state index is 5.76. The molecule has 2 aromatic heterocycles. The molecule has 0 aliphatic carbocycles. The molecule has 102 valence electrons. The second-order valence-corrected chi connectivity index (χ2v) is 4.53. The van der Waals surface area contributed by atoms with Gasteiger partial charge in [-0.25, -0.2) is 9.97 Å². The smallest absolute Gasteiger partial charge is 0.137 e. The molecule has 0 radical (unpaired) electrons. The van der Waals surface area contributed by atoms with E-state index in [1.807, 2.05) is 29.8 Å². The molecule has 0 bridgehead atoms. The van der Waals surface area contributed by atoms with Crippen LogP contribution < -0.4 is 11.1 Å². The molecule has 2 heterocycles. The lowest BCUT2D eigenvalue weighted by molar-refractivity contribution is 0.787. The molecule has 7 nitrogen and oxygen atoms in total. The summed E-state index contributed by atoms with van der Waals surface area (Å²) in [5.41, 5.74) is 7.29. The van der Waals surface area contributed by atoms with E-state index in [4.69, 9.17) is 5.73 Å². The average Bonchev–Trinajstić information content (AvgIpc) is 2.84. The minimum Gasteiger partial charge on any atom is -0.399 e. The fourth-order valence-corrected chi connectivity index (χ4v) is 2.04. The third kappa shape index (κ3) is 2.37. The highest BCUT2D eigenvalue weighted by Crippen LogP contribution is 2.20. The van der Waals surface area contributed by atoms with Crippen LogP contribution in [-0.4, -0.2) is 31.3 Å². The molecule has 0 aliphatic rings. The zero-order valence-electron chi connectivity index (χ0n) is 11.1. The minimum atomic E-state index is 0.696. The van der Waals surface area contributed by atoms with Crippen molar-refractivity contribution < 1.29 is 0 Å². The zero-order chi connectivity index (χ0) is 13.9. The Bertz CT molecular complexity index is 734. The van der Waals surface area contributed by atoms with Crippen molar-refractivity contribution in [3.8, 4) is 0 Å². The van der Waals surface area contributed by atoms with E-state index in [2.05, 4.69) is 25.5 Å². The van der Waals surface area contributed by atoms with Crippen LogP contribution in [0.4, 0.5) is 11.5 Å². The van der Waals surface area contributed by atoms with Gasteiger partial charge in [0.25, 0.3) is 0 Å². The minimum absolute atomic E-state index is 0.696. The van der Waals surface area contributed by atoms with Crippen LogP contribution in [0.15, 0.2) is 30.9 Å². The van der Waals surface area contributed by atoms with Crippen LogP contribution in [0, 0.1) is 0 Å². The first-order chi connectivity index (χ1) is 9.74. The number of aromatic nitrogens is 5. The number of nitrogens with two attached hydrogens (primary N) is 1. The number of fused-ring (bicyclic) bond motifs is 1. The van der Waals surface area contributed by atoms with E-state index >= 15 is 0 Å². The van der Waals surface area contributed by atoms with Gasteiger partial charge in [0.1, 0.15) is 24.3 Å². The van der Waals surface area contributed by atoms with Gasteiger partial charge < -0.3 is 15.6 Å². The lowest BCUT2D eigenvalue weighted by Crippen LogP contribution is -2.10. The quantitative estimate of drug-likeness (QED) is 0.686. The third-order valence-electron chi connectivity index (χ3n) is 3.11. The number of nitrogen functional groups attached to an aromatic ring is 1. The van der Waals surface area contributed by atoms with E-state index in [-0.39, 0.29) is 0 Å². The summed E-state index contributed by atoms with van der Waals surface area (Å²) in [6.07, 6.45) is 4.00. The van der Waals surface area contributed by atoms with Crippen LogP contribution in [0.1, 0.15) is 5.82 Å². The van der Waals surface area contributed by atoms with E-state index in [1.54, 1.807) is 6.33 Å². The maximum atomic E-state index is 5.76. The van der Waals surface area contributed by atoms with Gasteiger partial charge in [0.05, 0.1) is 5.52 Å². The van der Waals surface area contributed by atoms with E-state index in [0.717, 1.165) is 35.5 Å². The van der Waals surface area contributed by atoms with Crippen molar-refractivity contribution in [2.75, 3.05) is 17.6 Å². The summed E-state index contributed by atoms with van der Waals surface area (Å²) >= 11 is 0. The molecule has 0 atom stereocenters. The second kappa shape index (κ2) is 5.12. The molecule has 0 fully saturated rings. The molecular formula is C13H15N7. The Morgan fingerprint density at radius 3 is 3.00 bits per heavy atom. The Hall–Kier alpha value is -2.70. The molecule has 0 spiro atoms. The van der Waals surface area contributed by atoms with Crippen LogP contribution in [0.25, 0.3) is 10.9 Å². The Labute approximate surface area is 115 Å². The van der Waals surface area contributed by atoms with Crippen molar-refractivity contribution in [2.24, 2.45) is 7.05 Å². The molecule has 1 aromatic carbocycles. The Balaban J connectivity index is 1.76. The number of hydrogen-bond donors (Lipinski definition) is 2. The predicted molar refractivity (Wildman–Crippen MR) is 77.1 cm³/mol. The van der Waals surface area contributed by atoms with Gasteiger partial charge in [0.2, 0.25) is 0 Å². The number of hydrogen-bond acceptors (Lipinski definition) is 6. The van der Waals surface area contributed by atoms with Gasteiger partial charge in [-0.1, -0.05) is 0 Å². The van der Waals surface area contributed by atoms with Crippen LogP contribution in [-0.2, 0) is 13.5 Å². The summed E-state index contributed by atoms with van der Waals surface area (Å²) in [7, 11) is 1.93. The molecule has 3 N–H and O–H groups in total. The number of aryl methyl sites for hydroxylation is 1. The number of anilines is 2. The van der Waals surface area contributed by atoms with E-state index < -0.39 is 0 Å². The van der Waals surface area contributed by atoms with Crippen molar-refractivity contribution in [3.05, 3.63) is 36.7 Å². The number of nitrogens with zero attached hydrogens (tertiary/aromatic N) is 5. The number of benzene rings is 1. The van der Waals surface area contributed by atoms with Gasteiger partial charge in [0.15, 0.2) is 0 Å². The van der Waals surface area contributed by atoms with Gasteiger partial charge in [-0.05, 0) is 18.2 Å². The first kappa shape index (κ1) is 12.3. The first-order valence-corrected chi connectivity index (χ1v) is 6.31. The number of nitrogens with one attached hydrogen (secondary N) is 1. The molecule has 20 heavy (non-hydrogen) atoms. The van der Waals surface area contributed by atoms with E-state index in [0.29, 0.717) is 5.69 Å². The predicted octanol–water partition coefficient (Wildman–Crippen LogP) is 0.995. The van der Waals surface area contributed by atoms with Crippen molar-refractivity contribution in [3.63, 3.8) is 0 Å². The second-order valence-electron chi connectivity index (χ2n) is 4.53. The highest BCUT2D eigenvalue weighted by Gasteiger charge is 2.05. The summed E-state index contributed by atoms with van der Waals surface area (Å²) in [5.74, 6) is 1.73. The van der Waals surface area contributed by atoms with E-state index in [9.17, 15) is 0 Å². The van der Waals surface area contributed by atoms with Gasteiger partial charge in [0, 0.05) is 31.1 Å². The summed E-state index contributed by atoms with van der Waals surface area (Å²) in [5, 5.41) is 12.2. The highest BCUT2D eigenvalue weighted by molar-refractivity contribution is 5.90. The first-order valence-electron chi connectivity index (χ1n) is 6.31. The molecule has 3 rings (SSSR count).